The van der Waals surface area contributed by atoms with Gasteiger partial charge in [-0.3, -0.25) is 9.59 Å². The number of benzene rings is 2. The summed E-state index contributed by atoms with van der Waals surface area (Å²) in [4.78, 5) is 37.7. The fourth-order valence-corrected chi connectivity index (χ4v) is 2.47. The van der Waals surface area contributed by atoms with E-state index in [0.717, 1.165) is 5.69 Å². The highest BCUT2D eigenvalue weighted by atomic mass is 16.5. The molecule has 0 atom stereocenters. The minimum Gasteiger partial charge on any atom is -0.482 e. The van der Waals surface area contributed by atoms with E-state index in [1.807, 2.05) is 25.1 Å². The summed E-state index contributed by atoms with van der Waals surface area (Å²) < 4.78 is 10.4. The molecule has 7 heteroatoms. The largest absolute Gasteiger partial charge is 0.482 e. The average Bonchev–Trinajstić information content (AvgIpc) is 2.65. The van der Waals surface area contributed by atoms with E-state index in [1.54, 1.807) is 30.3 Å². The summed E-state index contributed by atoms with van der Waals surface area (Å²) in [5.41, 5.74) is 1.98. The van der Waals surface area contributed by atoms with Crippen LogP contribution in [0.15, 0.2) is 42.5 Å². The van der Waals surface area contributed by atoms with Crippen LogP contribution in [0.3, 0.4) is 0 Å². The molecule has 2 aromatic rings. The molecular weight excluding hydrogens is 336 g/mol. The van der Waals surface area contributed by atoms with Gasteiger partial charge >= 0.3 is 5.97 Å². The van der Waals surface area contributed by atoms with Crippen LogP contribution in [-0.2, 0) is 9.53 Å². The zero-order valence-electron chi connectivity index (χ0n) is 14.4. The van der Waals surface area contributed by atoms with Crippen LogP contribution in [0.4, 0.5) is 11.4 Å². The molecule has 0 saturated carbocycles. The molecule has 2 aromatic carbocycles. The predicted octanol–water partition coefficient (Wildman–Crippen LogP) is 2.12. The molecule has 1 aliphatic heterocycles. The summed E-state index contributed by atoms with van der Waals surface area (Å²) in [7, 11) is 3.74. The van der Waals surface area contributed by atoms with Crippen LogP contribution in [0, 0.1) is 0 Å². The van der Waals surface area contributed by atoms with Crippen LogP contribution in [0.2, 0.25) is 0 Å². The molecule has 3 rings (SSSR count). The number of esters is 1. The molecule has 0 unspecified atom stereocenters. The number of ether oxygens (including phenoxy) is 2. The Hall–Kier alpha value is -3.35. The summed E-state index contributed by atoms with van der Waals surface area (Å²) in [6, 6.07) is 11.6. The van der Waals surface area contributed by atoms with Crippen LogP contribution < -0.4 is 15.0 Å². The molecule has 0 radical (unpaired) electrons. The van der Waals surface area contributed by atoms with Gasteiger partial charge in [0, 0.05) is 25.3 Å². The molecule has 0 aromatic heterocycles. The molecule has 0 saturated heterocycles. The van der Waals surface area contributed by atoms with Crippen LogP contribution in [0.5, 0.6) is 5.75 Å². The van der Waals surface area contributed by atoms with Gasteiger partial charge in [0.05, 0.1) is 11.3 Å². The topological polar surface area (TPSA) is 84.9 Å². The number of nitrogens with one attached hydrogen (secondary N) is 1. The van der Waals surface area contributed by atoms with E-state index in [0.29, 0.717) is 22.6 Å². The van der Waals surface area contributed by atoms with E-state index in [2.05, 4.69) is 5.32 Å². The van der Waals surface area contributed by atoms with Gasteiger partial charge in [0.2, 0.25) is 0 Å². The molecule has 134 valence electrons. The molecule has 7 nitrogen and oxygen atoms in total. The van der Waals surface area contributed by atoms with Crippen LogP contribution in [0.25, 0.3) is 0 Å². The van der Waals surface area contributed by atoms with Gasteiger partial charge in [-0.25, -0.2) is 4.79 Å². The number of ketones is 1. The van der Waals surface area contributed by atoms with Crippen molar-refractivity contribution in [2.75, 3.05) is 37.5 Å². The number of fused-ring (bicyclic) bond motifs is 1. The Morgan fingerprint density at radius 2 is 1.96 bits per heavy atom. The Morgan fingerprint density at radius 1 is 1.15 bits per heavy atom. The van der Waals surface area contributed by atoms with Crippen molar-refractivity contribution >= 4 is 29.0 Å². The Bertz CT molecular complexity index is 876. The van der Waals surface area contributed by atoms with Crippen LogP contribution in [0.1, 0.15) is 20.7 Å². The standard InChI is InChI=1S/C19H18N2O5/c1-21(2)14-5-3-4-13(8-14)19(24)26-10-16(22)12-6-7-17-15(9-12)20-18(23)11-25-17/h3-9H,10-11H2,1-2H3,(H,20,23). The molecule has 1 N–H and O–H groups in total. The second kappa shape index (κ2) is 7.26. The Balaban J connectivity index is 1.65. The van der Waals surface area contributed by atoms with Crippen molar-refractivity contribution in [3.63, 3.8) is 0 Å². The average molecular weight is 354 g/mol. The maximum atomic E-state index is 12.3. The number of hydrogen-bond acceptors (Lipinski definition) is 6. The molecule has 1 heterocycles. The number of anilines is 2. The number of amides is 1. The molecule has 1 amide bonds. The Kier molecular flexibility index (Phi) is 4.88. The Labute approximate surface area is 150 Å². The first kappa shape index (κ1) is 17.5. The van der Waals surface area contributed by atoms with Gasteiger partial charge in [-0.1, -0.05) is 6.07 Å². The summed E-state index contributed by atoms with van der Waals surface area (Å²) in [5, 5.41) is 2.63. The fourth-order valence-electron chi connectivity index (χ4n) is 2.47. The molecule has 26 heavy (non-hydrogen) atoms. The number of nitrogens with zero attached hydrogens (tertiary/aromatic N) is 1. The normalized spacial score (nSPS) is 12.5. The Morgan fingerprint density at radius 3 is 2.73 bits per heavy atom. The lowest BCUT2D eigenvalue weighted by atomic mass is 10.1. The zero-order valence-corrected chi connectivity index (χ0v) is 14.4. The highest BCUT2D eigenvalue weighted by Crippen LogP contribution is 2.28. The van der Waals surface area contributed by atoms with Crippen molar-refractivity contribution in [1.29, 1.82) is 0 Å². The number of rotatable bonds is 5. The highest BCUT2D eigenvalue weighted by molar-refractivity contribution is 6.02. The number of Topliss-reactive ketones (excluding diaryl/α,β-unsaturated/α-hetero) is 1. The minimum atomic E-state index is -0.573. The van der Waals surface area contributed by atoms with Crippen molar-refractivity contribution in [3.8, 4) is 5.75 Å². The van der Waals surface area contributed by atoms with Gasteiger partial charge in [0.25, 0.3) is 5.91 Å². The minimum absolute atomic E-state index is 0.0517. The fraction of sp³-hybridized carbons (Fsp3) is 0.211. The van der Waals surface area contributed by atoms with E-state index >= 15 is 0 Å². The monoisotopic (exact) mass is 354 g/mol. The van der Waals surface area contributed by atoms with Crippen molar-refractivity contribution in [1.82, 2.24) is 0 Å². The van der Waals surface area contributed by atoms with Crippen LogP contribution in [-0.4, -0.2) is 45.0 Å². The maximum Gasteiger partial charge on any atom is 0.338 e. The third-order valence-electron chi connectivity index (χ3n) is 3.87. The van der Waals surface area contributed by atoms with Gasteiger partial charge in [-0.15, -0.1) is 0 Å². The van der Waals surface area contributed by atoms with E-state index < -0.39 is 12.6 Å². The lowest BCUT2D eigenvalue weighted by molar-refractivity contribution is -0.118. The highest BCUT2D eigenvalue weighted by Gasteiger charge is 2.19. The maximum absolute atomic E-state index is 12.3. The predicted molar refractivity (Wildman–Crippen MR) is 95.9 cm³/mol. The second-order valence-corrected chi connectivity index (χ2v) is 5.99. The second-order valence-electron chi connectivity index (χ2n) is 5.99. The van der Waals surface area contributed by atoms with Crippen molar-refractivity contribution in [2.45, 2.75) is 0 Å². The molecule has 1 aliphatic rings. The van der Waals surface area contributed by atoms with E-state index in [1.165, 1.54) is 6.07 Å². The third-order valence-corrected chi connectivity index (χ3v) is 3.87. The van der Waals surface area contributed by atoms with E-state index in [-0.39, 0.29) is 18.3 Å². The van der Waals surface area contributed by atoms with E-state index in [4.69, 9.17) is 9.47 Å². The quantitative estimate of drug-likeness (QED) is 0.654. The lowest BCUT2D eigenvalue weighted by Gasteiger charge is -2.18. The number of hydrogen-bond donors (Lipinski definition) is 1. The first-order valence-corrected chi connectivity index (χ1v) is 7.98. The van der Waals surface area contributed by atoms with Gasteiger partial charge in [-0.2, -0.15) is 0 Å². The van der Waals surface area contributed by atoms with Crippen LogP contribution >= 0.6 is 0 Å². The molecule has 0 spiro atoms. The number of carbonyl (C=O) groups is 3. The first-order chi connectivity index (χ1) is 12.4. The van der Waals surface area contributed by atoms with Gasteiger partial charge in [0.1, 0.15) is 5.75 Å². The smallest absolute Gasteiger partial charge is 0.338 e. The third kappa shape index (κ3) is 3.83. The summed E-state index contributed by atoms with van der Waals surface area (Å²) >= 11 is 0. The SMILES string of the molecule is CN(C)c1cccc(C(=O)OCC(=O)c2ccc3c(c2)NC(=O)CO3)c1. The van der Waals surface area contributed by atoms with Gasteiger partial charge in [0.15, 0.2) is 19.0 Å². The molecular formula is C19H18N2O5. The molecule has 0 fully saturated rings. The van der Waals surface area contributed by atoms with Crippen molar-refractivity contribution in [2.24, 2.45) is 0 Å². The van der Waals surface area contributed by atoms with Crippen molar-refractivity contribution < 1.29 is 23.9 Å². The number of carbonyl (C=O) groups excluding carboxylic acids is 3. The lowest BCUT2D eigenvalue weighted by Crippen LogP contribution is -2.25. The summed E-state index contributed by atoms with van der Waals surface area (Å²) in [6.07, 6.45) is 0. The zero-order chi connectivity index (χ0) is 18.7. The van der Waals surface area contributed by atoms with Gasteiger partial charge < -0.3 is 19.7 Å². The molecule has 0 aliphatic carbocycles. The summed E-state index contributed by atoms with van der Waals surface area (Å²) in [5.74, 6) is -0.727. The van der Waals surface area contributed by atoms with Gasteiger partial charge in [-0.05, 0) is 36.4 Å². The summed E-state index contributed by atoms with van der Waals surface area (Å²) in [6.45, 7) is -0.442. The first-order valence-electron chi connectivity index (χ1n) is 7.98. The molecule has 0 bridgehead atoms. The van der Waals surface area contributed by atoms with E-state index in [9.17, 15) is 14.4 Å². The van der Waals surface area contributed by atoms with Crippen molar-refractivity contribution in [3.05, 3.63) is 53.6 Å².